The van der Waals surface area contributed by atoms with Crippen LogP contribution in [0.3, 0.4) is 0 Å². The smallest absolute Gasteiger partial charge is 0.224 e. The molecule has 6 nitrogen and oxygen atoms in total. The zero-order valence-corrected chi connectivity index (χ0v) is 12.1. The molecule has 0 unspecified atom stereocenters. The van der Waals surface area contributed by atoms with E-state index in [0.29, 0.717) is 24.7 Å². The van der Waals surface area contributed by atoms with Gasteiger partial charge in [0, 0.05) is 26.0 Å². The maximum Gasteiger partial charge on any atom is 0.224 e. The van der Waals surface area contributed by atoms with Gasteiger partial charge in [-0.15, -0.1) is 0 Å². The van der Waals surface area contributed by atoms with Crippen LogP contribution in [0.5, 0.6) is 0 Å². The minimum Gasteiger partial charge on any atom is -0.369 e. The highest BCUT2D eigenvalue weighted by Gasteiger charge is 2.05. The minimum absolute atomic E-state index is 0.168. The van der Waals surface area contributed by atoms with Gasteiger partial charge in [0.25, 0.3) is 0 Å². The van der Waals surface area contributed by atoms with Crippen molar-refractivity contribution in [3.05, 3.63) is 10.7 Å². The molecule has 0 amide bonds. The van der Waals surface area contributed by atoms with E-state index < -0.39 is 9.84 Å². The Hall–Kier alpha value is -0.890. The molecule has 0 aromatic carbocycles. The van der Waals surface area contributed by atoms with E-state index in [-0.39, 0.29) is 5.75 Å². The SMILES string of the molecule is CNc1ncc(Br)c(NCCCS(C)(=O)=O)n1. The first-order valence-electron chi connectivity index (χ1n) is 5.04. The molecule has 0 aliphatic rings. The lowest BCUT2D eigenvalue weighted by atomic mass is 10.4. The summed E-state index contributed by atoms with van der Waals surface area (Å²) in [4.78, 5) is 8.22. The highest BCUT2D eigenvalue weighted by atomic mass is 79.9. The molecule has 2 N–H and O–H groups in total. The molecule has 0 spiro atoms. The van der Waals surface area contributed by atoms with Gasteiger partial charge in [0.1, 0.15) is 15.7 Å². The topological polar surface area (TPSA) is 84.0 Å². The Balaban J connectivity index is 2.51. The Bertz CT molecular complexity index is 478. The Labute approximate surface area is 109 Å². The average Bonchev–Trinajstić information content (AvgIpc) is 2.25. The van der Waals surface area contributed by atoms with E-state index in [4.69, 9.17) is 0 Å². The van der Waals surface area contributed by atoms with Crippen molar-refractivity contribution in [3.8, 4) is 0 Å². The van der Waals surface area contributed by atoms with Gasteiger partial charge in [-0.3, -0.25) is 0 Å². The highest BCUT2D eigenvalue weighted by molar-refractivity contribution is 9.10. The van der Waals surface area contributed by atoms with Gasteiger partial charge >= 0.3 is 0 Å². The van der Waals surface area contributed by atoms with Crippen LogP contribution in [0.1, 0.15) is 6.42 Å². The number of nitrogens with one attached hydrogen (secondary N) is 2. The number of aromatic nitrogens is 2. The van der Waals surface area contributed by atoms with E-state index in [1.165, 1.54) is 6.26 Å². The Morgan fingerprint density at radius 1 is 1.47 bits per heavy atom. The fourth-order valence-electron chi connectivity index (χ4n) is 1.15. The number of nitrogens with zero attached hydrogens (tertiary/aromatic N) is 2. The minimum atomic E-state index is -2.90. The zero-order valence-electron chi connectivity index (χ0n) is 9.70. The van der Waals surface area contributed by atoms with Gasteiger partial charge in [0.15, 0.2) is 0 Å². The summed E-state index contributed by atoms with van der Waals surface area (Å²) in [6, 6.07) is 0. The van der Waals surface area contributed by atoms with Crippen molar-refractivity contribution in [1.82, 2.24) is 9.97 Å². The van der Waals surface area contributed by atoms with Gasteiger partial charge in [0.2, 0.25) is 5.95 Å². The maximum absolute atomic E-state index is 10.9. The average molecular weight is 323 g/mol. The quantitative estimate of drug-likeness (QED) is 0.764. The van der Waals surface area contributed by atoms with E-state index in [1.54, 1.807) is 13.2 Å². The summed E-state index contributed by atoms with van der Waals surface area (Å²) in [7, 11) is -1.17. The van der Waals surface area contributed by atoms with Gasteiger partial charge < -0.3 is 10.6 Å². The van der Waals surface area contributed by atoms with Crippen molar-refractivity contribution in [2.24, 2.45) is 0 Å². The predicted molar refractivity (Wildman–Crippen MR) is 72.1 cm³/mol. The summed E-state index contributed by atoms with van der Waals surface area (Å²) >= 11 is 3.32. The molecule has 1 heterocycles. The van der Waals surface area contributed by atoms with Crippen molar-refractivity contribution < 1.29 is 8.42 Å². The summed E-state index contributed by atoms with van der Waals surface area (Å²) in [5.41, 5.74) is 0. The van der Waals surface area contributed by atoms with Crippen LogP contribution in [0.4, 0.5) is 11.8 Å². The van der Waals surface area contributed by atoms with Gasteiger partial charge in [-0.2, -0.15) is 4.98 Å². The van der Waals surface area contributed by atoms with Crippen LogP contribution in [-0.4, -0.2) is 44.0 Å². The van der Waals surface area contributed by atoms with Crippen LogP contribution < -0.4 is 10.6 Å². The lowest BCUT2D eigenvalue weighted by molar-refractivity contribution is 0.600. The Kier molecular flexibility index (Phi) is 5.13. The molecule has 8 heteroatoms. The summed E-state index contributed by atoms with van der Waals surface area (Å²) in [5, 5.41) is 5.89. The molecule has 1 rings (SSSR count). The third-order valence-electron chi connectivity index (χ3n) is 1.95. The van der Waals surface area contributed by atoms with Gasteiger partial charge in [-0.05, 0) is 22.4 Å². The fourth-order valence-corrected chi connectivity index (χ4v) is 2.15. The second-order valence-corrected chi connectivity index (χ2v) is 6.66. The Morgan fingerprint density at radius 2 is 2.18 bits per heavy atom. The van der Waals surface area contributed by atoms with Crippen molar-refractivity contribution in [2.45, 2.75) is 6.42 Å². The molecule has 17 heavy (non-hydrogen) atoms. The van der Waals surface area contributed by atoms with Crippen LogP contribution in [0.2, 0.25) is 0 Å². The third kappa shape index (κ3) is 5.31. The van der Waals surface area contributed by atoms with Crippen LogP contribution in [0, 0.1) is 0 Å². The number of anilines is 2. The van der Waals surface area contributed by atoms with Gasteiger partial charge in [-0.1, -0.05) is 0 Å². The standard InChI is InChI=1S/C9H15BrN4O2S/c1-11-9-13-6-7(10)8(14-9)12-4-3-5-17(2,15)16/h6H,3-5H2,1-2H3,(H2,11,12,13,14). The zero-order chi connectivity index (χ0) is 12.9. The van der Waals surface area contributed by atoms with Crippen molar-refractivity contribution >= 4 is 37.5 Å². The second kappa shape index (κ2) is 6.15. The van der Waals surface area contributed by atoms with E-state index in [0.717, 1.165) is 4.47 Å². The van der Waals surface area contributed by atoms with Crippen LogP contribution in [0.15, 0.2) is 10.7 Å². The molecule has 0 saturated heterocycles. The second-order valence-electron chi connectivity index (χ2n) is 3.55. The van der Waals surface area contributed by atoms with Gasteiger partial charge in [0.05, 0.1) is 10.2 Å². The van der Waals surface area contributed by atoms with Crippen LogP contribution in [0.25, 0.3) is 0 Å². The molecule has 96 valence electrons. The molecule has 0 aliphatic carbocycles. The summed E-state index contributed by atoms with van der Waals surface area (Å²) in [6.07, 6.45) is 3.41. The molecular weight excluding hydrogens is 308 g/mol. The number of halogens is 1. The largest absolute Gasteiger partial charge is 0.369 e. The maximum atomic E-state index is 10.9. The van der Waals surface area contributed by atoms with E-state index in [1.807, 2.05) is 0 Å². The summed E-state index contributed by atoms with van der Waals surface area (Å²) in [6.45, 7) is 0.547. The van der Waals surface area contributed by atoms with E-state index >= 15 is 0 Å². The predicted octanol–water partition coefficient (Wildman–Crippen LogP) is 1.13. The van der Waals surface area contributed by atoms with Crippen molar-refractivity contribution in [1.29, 1.82) is 0 Å². The molecule has 0 saturated carbocycles. The molecule has 0 bridgehead atoms. The number of rotatable bonds is 6. The third-order valence-corrected chi connectivity index (χ3v) is 3.56. The number of sulfone groups is 1. The van der Waals surface area contributed by atoms with Crippen molar-refractivity contribution in [2.75, 3.05) is 36.2 Å². The fraction of sp³-hybridized carbons (Fsp3) is 0.556. The summed E-state index contributed by atoms with van der Waals surface area (Å²) < 4.78 is 22.6. The van der Waals surface area contributed by atoms with Crippen LogP contribution in [-0.2, 0) is 9.84 Å². The first-order valence-corrected chi connectivity index (χ1v) is 7.89. The van der Waals surface area contributed by atoms with Gasteiger partial charge in [-0.25, -0.2) is 13.4 Å². The van der Waals surface area contributed by atoms with Crippen LogP contribution >= 0.6 is 15.9 Å². The first kappa shape index (κ1) is 14.2. The normalized spacial score (nSPS) is 11.2. The van der Waals surface area contributed by atoms with E-state index in [9.17, 15) is 8.42 Å². The molecule has 0 atom stereocenters. The lowest BCUT2D eigenvalue weighted by Crippen LogP contribution is -2.11. The van der Waals surface area contributed by atoms with Crippen molar-refractivity contribution in [3.63, 3.8) is 0 Å². The molecular formula is C9H15BrN4O2S. The molecule has 1 aromatic rings. The first-order chi connectivity index (χ1) is 7.92. The monoisotopic (exact) mass is 322 g/mol. The highest BCUT2D eigenvalue weighted by Crippen LogP contribution is 2.19. The lowest BCUT2D eigenvalue weighted by Gasteiger charge is -2.08. The molecule has 1 aromatic heterocycles. The summed E-state index contributed by atoms with van der Waals surface area (Å²) in [5.74, 6) is 1.33. The molecule has 0 fully saturated rings. The number of hydrogen-bond donors (Lipinski definition) is 2. The Morgan fingerprint density at radius 3 is 2.76 bits per heavy atom. The number of hydrogen-bond acceptors (Lipinski definition) is 6. The molecule has 0 radical (unpaired) electrons. The van der Waals surface area contributed by atoms with E-state index in [2.05, 4.69) is 36.5 Å². The molecule has 0 aliphatic heterocycles.